The summed E-state index contributed by atoms with van der Waals surface area (Å²) in [5, 5.41) is 4.87. The van der Waals surface area contributed by atoms with Crippen LogP contribution in [-0.2, 0) is 17.8 Å². The SMILES string of the molecule is CCNC(=O)N(CC(=O)N1CCc2sccc2[C@@H]1COc1ccc(C(C)C)cc1)Cc1ccco1. The topological polar surface area (TPSA) is 75.0 Å². The lowest BCUT2D eigenvalue weighted by Crippen LogP contribution is -2.49. The van der Waals surface area contributed by atoms with Crippen molar-refractivity contribution in [2.24, 2.45) is 0 Å². The maximum atomic E-state index is 13.5. The van der Waals surface area contributed by atoms with E-state index in [1.165, 1.54) is 15.3 Å². The average molecular weight is 496 g/mol. The zero-order chi connectivity index (χ0) is 24.8. The molecule has 8 heteroatoms. The summed E-state index contributed by atoms with van der Waals surface area (Å²) < 4.78 is 11.6. The molecule has 7 nitrogen and oxygen atoms in total. The standard InChI is InChI=1S/C27H33N3O4S/c1-4-28-27(32)29(16-22-6-5-14-33-22)17-26(31)30-13-11-25-23(12-15-35-25)24(30)18-34-21-9-7-20(8-10-21)19(2)3/h5-10,12,14-15,19,24H,4,11,13,16-18H2,1-3H3,(H,28,32)/t24-/m0/s1. The van der Waals surface area contributed by atoms with Crippen molar-refractivity contribution in [1.82, 2.24) is 15.1 Å². The average Bonchev–Trinajstić information content (AvgIpc) is 3.54. The molecule has 0 radical (unpaired) electrons. The van der Waals surface area contributed by atoms with Crippen LogP contribution in [0.3, 0.4) is 0 Å². The van der Waals surface area contributed by atoms with E-state index in [1.54, 1.807) is 29.7 Å². The number of benzene rings is 1. The van der Waals surface area contributed by atoms with Crippen LogP contribution in [0, 0.1) is 0 Å². The number of hydrogen-bond acceptors (Lipinski definition) is 5. The van der Waals surface area contributed by atoms with Crippen molar-refractivity contribution in [2.45, 2.75) is 45.7 Å². The summed E-state index contributed by atoms with van der Waals surface area (Å²) in [4.78, 5) is 30.9. The molecule has 2 aromatic heterocycles. The maximum absolute atomic E-state index is 13.5. The quantitative estimate of drug-likeness (QED) is 0.443. The molecule has 1 aromatic carbocycles. The lowest BCUT2D eigenvalue weighted by molar-refractivity contribution is -0.135. The highest BCUT2D eigenvalue weighted by molar-refractivity contribution is 7.10. The van der Waals surface area contributed by atoms with Gasteiger partial charge in [-0.25, -0.2) is 4.79 Å². The second kappa shape index (κ2) is 11.4. The molecular weight excluding hydrogens is 462 g/mol. The number of furan rings is 1. The van der Waals surface area contributed by atoms with E-state index in [9.17, 15) is 9.59 Å². The fourth-order valence-electron chi connectivity index (χ4n) is 4.31. The molecule has 1 aliphatic rings. The molecule has 3 amide bonds. The van der Waals surface area contributed by atoms with E-state index >= 15 is 0 Å². The highest BCUT2D eigenvalue weighted by atomic mass is 32.1. The Morgan fingerprint density at radius 1 is 1.23 bits per heavy atom. The van der Waals surface area contributed by atoms with E-state index in [0.717, 1.165) is 17.7 Å². The number of carbonyl (C=O) groups excluding carboxylic acids is 2. The second-order valence-corrected chi connectivity index (χ2v) is 9.96. The molecule has 0 fully saturated rings. The number of thiophene rings is 1. The number of carbonyl (C=O) groups is 2. The third-order valence-electron chi connectivity index (χ3n) is 6.24. The minimum atomic E-state index is -0.288. The first kappa shape index (κ1) is 24.9. The summed E-state index contributed by atoms with van der Waals surface area (Å²) in [6.07, 6.45) is 2.37. The molecule has 0 aliphatic carbocycles. The molecule has 3 heterocycles. The van der Waals surface area contributed by atoms with E-state index in [1.807, 2.05) is 24.0 Å². The highest BCUT2D eigenvalue weighted by Gasteiger charge is 2.33. The Bertz CT molecular complexity index is 1110. The molecule has 1 atom stereocenters. The molecule has 0 bridgehead atoms. The molecular formula is C27H33N3O4S. The number of urea groups is 1. The van der Waals surface area contributed by atoms with Gasteiger partial charge in [-0.2, -0.15) is 0 Å². The van der Waals surface area contributed by atoms with E-state index in [0.29, 0.717) is 31.4 Å². The maximum Gasteiger partial charge on any atom is 0.318 e. The van der Waals surface area contributed by atoms with Crippen molar-refractivity contribution in [3.8, 4) is 5.75 Å². The fraction of sp³-hybridized carbons (Fsp3) is 0.407. The highest BCUT2D eigenvalue weighted by Crippen LogP contribution is 2.34. The van der Waals surface area contributed by atoms with Crippen LogP contribution in [0.1, 0.15) is 54.5 Å². The van der Waals surface area contributed by atoms with E-state index in [4.69, 9.17) is 9.15 Å². The summed E-state index contributed by atoms with van der Waals surface area (Å²) in [6.45, 7) is 7.80. The summed E-state index contributed by atoms with van der Waals surface area (Å²) >= 11 is 1.72. The number of amides is 3. The largest absolute Gasteiger partial charge is 0.491 e. The van der Waals surface area contributed by atoms with Gasteiger partial charge in [0.25, 0.3) is 0 Å². The smallest absolute Gasteiger partial charge is 0.318 e. The molecule has 0 saturated carbocycles. The van der Waals surface area contributed by atoms with Gasteiger partial charge in [0.15, 0.2) is 0 Å². The number of nitrogens with zero attached hydrogens (tertiary/aromatic N) is 2. The van der Waals surface area contributed by atoms with Crippen LogP contribution in [-0.4, -0.2) is 48.0 Å². The van der Waals surface area contributed by atoms with Crippen LogP contribution < -0.4 is 10.1 Å². The lowest BCUT2D eigenvalue weighted by atomic mass is 10.00. The Morgan fingerprint density at radius 3 is 2.71 bits per heavy atom. The molecule has 0 saturated heterocycles. The molecule has 4 rings (SSSR count). The first-order valence-corrected chi connectivity index (χ1v) is 13.0. The van der Waals surface area contributed by atoms with Crippen molar-refractivity contribution in [3.63, 3.8) is 0 Å². The molecule has 3 aromatic rings. The second-order valence-electron chi connectivity index (χ2n) is 8.96. The number of hydrogen-bond donors (Lipinski definition) is 1. The Kier molecular flexibility index (Phi) is 8.13. The van der Waals surface area contributed by atoms with Gasteiger partial charge in [0.2, 0.25) is 5.91 Å². The lowest BCUT2D eigenvalue weighted by Gasteiger charge is -2.37. The third-order valence-corrected chi connectivity index (χ3v) is 7.23. The van der Waals surface area contributed by atoms with E-state index in [2.05, 4.69) is 42.7 Å². The number of fused-ring (bicyclic) bond motifs is 1. The molecule has 1 N–H and O–H groups in total. The monoisotopic (exact) mass is 495 g/mol. The number of nitrogens with one attached hydrogen (secondary N) is 1. The summed E-state index contributed by atoms with van der Waals surface area (Å²) in [7, 11) is 0. The fourth-order valence-corrected chi connectivity index (χ4v) is 5.23. The Morgan fingerprint density at radius 2 is 2.03 bits per heavy atom. The van der Waals surface area contributed by atoms with Gasteiger partial charge in [-0.3, -0.25) is 4.79 Å². The van der Waals surface area contributed by atoms with Crippen molar-refractivity contribution < 1.29 is 18.7 Å². The number of ether oxygens (including phenoxy) is 1. The summed E-state index contributed by atoms with van der Waals surface area (Å²) in [5.41, 5.74) is 2.39. The Hall–Kier alpha value is -3.26. The van der Waals surface area contributed by atoms with Gasteiger partial charge in [0.1, 0.15) is 24.7 Å². The first-order valence-electron chi connectivity index (χ1n) is 12.1. The van der Waals surface area contributed by atoms with E-state index in [-0.39, 0.29) is 31.1 Å². The van der Waals surface area contributed by atoms with Crippen LogP contribution in [0.2, 0.25) is 0 Å². The van der Waals surface area contributed by atoms with Crippen molar-refractivity contribution in [2.75, 3.05) is 26.2 Å². The molecule has 0 spiro atoms. The van der Waals surface area contributed by atoms with Gasteiger partial charge in [-0.15, -0.1) is 11.3 Å². The van der Waals surface area contributed by atoms with Gasteiger partial charge in [0.05, 0.1) is 18.8 Å². The van der Waals surface area contributed by atoms with E-state index < -0.39 is 0 Å². The zero-order valence-electron chi connectivity index (χ0n) is 20.5. The van der Waals surface area contributed by atoms with Crippen LogP contribution in [0.5, 0.6) is 5.75 Å². The van der Waals surface area contributed by atoms with Crippen LogP contribution in [0.15, 0.2) is 58.5 Å². The van der Waals surface area contributed by atoms with Crippen molar-refractivity contribution in [3.05, 3.63) is 75.9 Å². The Balaban J connectivity index is 1.49. The Labute approximate surface area is 210 Å². The molecule has 35 heavy (non-hydrogen) atoms. The molecule has 186 valence electrons. The molecule has 1 aliphatic heterocycles. The predicted molar refractivity (Wildman–Crippen MR) is 137 cm³/mol. The summed E-state index contributed by atoms with van der Waals surface area (Å²) in [6, 6.07) is 13.3. The van der Waals surface area contributed by atoms with Crippen molar-refractivity contribution >= 4 is 23.3 Å². The van der Waals surface area contributed by atoms with Crippen LogP contribution in [0.25, 0.3) is 0 Å². The minimum absolute atomic E-state index is 0.0361. The summed E-state index contributed by atoms with van der Waals surface area (Å²) in [5.74, 6) is 1.76. The normalized spacial score (nSPS) is 15.1. The third kappa shape index (κ3) is 6.06. The number of rotatable bonds is 9. The minimum Gasteiger partial charge on any atom is -0.491 e. The van der Waals surface area contributed by atoms with Crippen LogP contribution in [0.4, 0.5) is 4.79 Å². The molecule has 0 unspecified atom stereocenters. The van der Waals surface area contributed by atoms with Gasteiger partial charge in [-0.1, -0.05) is 26.0 Å². The van der Waals surface area contributed by atoms with Gasteiger partial charge in [-0.05, 0) is 66.1 Å². The zero-order valence-corrected chi connectivity index (χ0v) is 21.3. The van der Waals surface area contributed by atoms with Gasteiger partial charge in [0, 0.05) is 18.0 Å². The van der Waals surface area contributed by atoms with Crippen LogP contribution >= 0.6 is 11.3 Å². The first-order chi connectivity index (χ1) is 17.0. The van der Waals surface area contributed by atoms with Crippen molar-refractivity contribution in [1.29, 1.82) is 0 Å². The van der Waals surface area contributed by atoms with Gasteiger partial charge < -0.3 is 24.3 Å². The predicted octanol–water partition coefficient (Wildman–Crippen LogP) is 5.20. The van der Waals surface area contributed by atoms with Gasteiger partial charge >= 0.3 is 6.03 Å².